The molecule has 8 heteroatoms. The summed E-state index contributed by atoms with van der Waals surface area (Å²) >= 11 is 13.1. The Morgan fingerprint density at radius 2 is 1.88 bits per heavy atom. The highest BCUT2D eigenvalue weighted by atomic mass is 35.5. The molecule has 2 rings (SSSR count). The van der Waals surface area contributed by atoms with Crippen LogP contribution in [0.1, 0.15) is 16.5 Å². The number of aliphatic hydroxyl groups excluding tert-OH is 1. The first-order chi connectivity index (χ1) is 11.0. The van der Waals surface area contributed by atoms with E-state index in [4.69, 9.17) is 32.7 Å². The van der Waals surface area contributed by atoms with Gasteiger partial charge < -0.3 is 19.9 Å². The molecule has 4 nitrogen and oxygen atoms in total. The molecule has 0 aliphatic heterocycles. The van der Waals surface area contributed by atoms with Crippen LogP contribution >= 0.6 is 46.9 Å². The van der Waals surface area contributed by atoms with Crippen molar-refractivity contribution in [3.05, 3.63) is 44.1 Å². The number of halogens is 3. The van der Waals surface area contributed by atoms with Gasteiger partial charge >= 0.3 is 0 Å². The molecule has 0 aliphatic carbocycles. The number of ether oxygens (including phenoxy) is 2. The van der Waals surface area contributed by atoms with Gasteiger partial charge in [0.2, 0.25) is 0 Å². The zero-order valence-electron chi connectivity index (χ0n) is 13.3. The third-order valence-corrected chi connectivity index (χ3v) is 5.34. The van der Waals surface area contributed by atoms with Gasteiger partial charge in [-0.05, 0) is 36.7 Å². The van der Waals surface area contributed by atoms with Crippen molar-refractivity contribution in [1.82, 2.24) is 5.32 Å². The highest BCUT2D eigenvalue weighted by Crippen LogP contribution is 2.34. The summed E-state index contributed by atoms with van der Waals surface area (Å²) in [6.07, 6.45) is 0.203. The smallest absolute Gasteiger partial charge is 0.160 e. The van der Waals surface area contributed by atoms with Crippen molar-refractivity contribution in [1.29, 1.82) is 0 Å². The van der Waals surface area contributed by atoms with Crippen LogP contribution in [0, 0.1) is 0 Å². The molecule has 0 spiro atoms. The minimum absolute atomic E-state index is 0. The second kappa shape index (κ2) is 10.3. The lowest BCUT2D eigenvalue weighted by molar-refractivity contribution is 0.179. The molecule has 24 heavy (non-hydrogen) atoms. The van der Waals surface area contributed by atoms with Crippen LogP contribution in [-0.2, 0) is 6.42 Å². The molecule has 0 bridgehead atoms. The summed E-state index contributed by atoms with van der Waals surface area (Å²) in [5.41, 5.74) is 1.13. The number of aliphatic hydroxyl groups is 1. The van der Waals surface area contributed by atoms with Gasteiger partial charge in [-0.3, -0.25) is 0 Å². The summed E-state index contributed by atoms with van der Waals surface area (Å²) in [5, 5.41) is 13.8. The molecule has 1 aromatic carbocycles. The number of rotatable bonds is 8. The number of nitrogens with one attached hydrogen (secondary N) is 1. The molecule has 2 N–H and O–H groups in total. The molecule has 1 heterocycles. The maximum absolute atomic E-state index is 10.1. The van der Waals surface area contributed by atoms with Gasteiger partial charge in [-0.15, -0.1) is 23.7 Å². The number of hydrogen-bond donors (Lipinski definition) is 2. The highest BCUT2D eigenvalue weighted by Gasteiger charge is 2.13. The monoisotopic (exact) mass is 411 g/mol. The van der Waals surface area contributed by atoms with Crippen LogP contribution in [0.15, 0.2) is 24.3 Å². The molecule has 1 unspecified atom stereocenters. The number of methoxy groups -OCH3 is 2. The van der Waals surface area contributed by atoms with Gasteiger partial charge in [0.15, 0.2) is 11.5 Å². The second-order valence-electron chi connectivity index (χ2n) is 4.93. The van der Waals surface area contributed by atoms with Crippen LogP contribution in [0.3, 0.4) is 0 Å². The fraction of sp³-hybridized carbons (Fsp3) is 0.375. The van der Waals surface area contributed by atoms with Crippen LogP contribution in [-0.4, -0.2) is 32.4 Å². The van der Waals surface area contributed by atoms with Crippen molar-refractivity contribution in [2.75, 3.05) is 27.3 Å². The van der Waals surface area contributed by atoms with E-state index in [1.165, 1.54) is 11.3 Å². The van der Waals surface area contributed by atoms with Crippen LogP contribution in [0.25, 0.3) is 0 Å². The van der Waals surface area contributed by atoms with E-state index in [9.17, 15) is 5.11 Å². The van der Waals surface area contributed by atoms with E-state index in [0.29, 0.717) is 27.4 Å². The molecule has 0 fully saturated rings. The first-order valence-electron chi connectivity index (χ1n) is 7.09. The van der Waals surface area contributed by atoms with Gasteiger partial charge in [-0.2, -0.15) is 0 Å². The lowest BCUT2D eigenvalue weighted by atomic mass is 10.1. The van der Waals surface area contributed by atoms with E-state index in [1.807, 2.05) is 18.2 Å². The molecule has 0 saturated carbocycles. The molecule has 0 saturated heterocycles. The van der Waals surface area contributed by atoms with E-state index in [-0.39, 0.29) is 12.4 Å². The zero-order valence-corrected chi connectivity index (χ0v) is 16.5. The lowest BCUT2D eigenvalue weighted by Crippen LogP contribution is -2.23. The Labute approximate surface area is 162 Å². The minimum atomic E-state index is -0.615. The van der Waals surface area contributed by atoms with Crippen molar-refractivity contribution in [3.63, 3.8) is 0 Å². The van der Waals surface area contributed by atoms with Crippen molar-refractivity contribution in [3.8, 4) is 11.5 Å². The van der Waals surface area contributed by atoms with Gasteiger partial charge in [-0.25, -0.2) is 0 Å². The van der Waals surface area contributed by atoms with Crippen LogP contribution in [0.2, 0.25) is 9.36 Å². The second-order valence-corrected chi connectivity index (χ2v) is 7.02. The maximum Gasteiger partial charge on any atom is 0.160 e. The van der Waals surface area contributed by atoms with Crippen molar-refractivity contribution < 1.29 is 14.6 Å². The van der Waals surface area contributed by atoms with E-state index in [0.717, 1.165) is 23.4 Å². The summed E-state index contributed by atoms with van der Waals surface area (Å²) < 4.78 is 11.0. The summed E-state index contributed by atoms with van der Waals surface area (Å²) in [7, 11) is 3.23. The number of benzene rings is 1. The van der Waals surface area contributed by atoms with Crippen LogP contribution in [0.4, 0.5) is 0 Å². The fourth-order valence-electron chi connectivity index (χ4n) is 2.14. The SMILES string of the molecule is COc1ccc(CCNCC(O)c2cc(Cl)c(Cl)s2)cc1OC.Cl. The topological polar surface area (TPSA) is 50.7 Å². The number of thiophene rings is 1. The van der Waals surface area contributed by atoms with Gasteiger partial charge in [0.25, 0.3) is 0 Å². The average Bonchev–Trinajstić information content (AvgIpc) is 2.90. The van der Waals surface area contributed by atoms with Crippen molar-refractivity contribution in [2.24, 2.45) is 0 Å². The summed E-state index contributed by atoms with van der Waals surface area (Å²) in [5.74, 6) is 1.43. The first-order valence-corrected chi connectivity index (χ1v) is 8.66. The van der Waals surface area contributed by atoms with E-state index >= 15 is 0 Å². The summed E-state index contributed by atoms with van der Waals surface area (Å²) in [4.78, 5) is 0.763. The van der Waals surface area contributed by atoms with Gasteiger partial charge in [-0.1, -0.05) is 29.3 Å². The lowest BCUT2D eigenvalue weighted by Gasteiger charge is -2.11. The first kappa shape index (κ1) is 21.4. The molecule has 0 amide bonds. The normalized spacial score (nSPS) is 11.7. The quantitative estimate of drug-likeness (QED) is 0.633. The Kier molecular flexibility index (Phi) is 9.19. The molecular weight excluding hydrogens is 393 g/mol. The van der Waals surface area contributed by atoms with Gasteiger partial charge in [0, 0.05) is 11.4 Å². The Hall–Kier alpha value is -0.690. The van der Waals surface area contributed by atoms with Crippen molar-refractivity contribution in [2.45, 2.75) is 12.5 Å². The number of hydrogen-bond acceptors (Lipinski definition) is 5. The highest BCUT2D eigenvalue weighted by molar-refractivity contribution is 7.17. The largest absolute Gasteiger partial charge is 0.493 e. The summed E-state index contributed by atoms with van der Waals surface area (Å²) in [6, 6.07) is 7.54. The summed E-state index contributed by atoms with van der Waals surface area (Å²) in [6.45, 7) is 1.18. The van der Waals surface area contributed by atoms with Crippen LogP contribution in [0.5, 0.6) is 11.5 Å². The molecule has 134 valence electrons. The molecule has 0 aliphatic rings. The van der Waals surface area contributed by atoms with E-state index in [1.54, 1.807) is 20.3 Å². The van der Waals surface area contributed by atoms with Crippen molar-refractivity contribution >= 4 is 46.9 Å². The predicted molar refractivity (Wildman–Crippen MR) is 103 cm³/mol. The van der Waals surface area contributed by atoms with E-state index < -0.39 is 6.10 Å². The average molecular weight is 413 g/mol. The maximum atomic E-state index is 10.1. The fourth-order valence-corrected chi connectivity index (χ4v) is 3.52. The standard InChI is InChI=1S/C16H19Cl2NO3S.ClH/c1-21-13-4-3-10(7-14(13)22-2)5-6-19-9-12(20)15-8-11(17)16(18)23-15;/h3-4,7-8,12,19-20H,5-6,9H2,1-2H3;1H. The zero-order chi connectivity index (χ0) is 16.8. The van der Waals surface area contributed by atoms with Gasteiger partial charge in [0.05, 0.1) is 19.2 Å². The van der Waals surface area contributed by atoms with E-state index in [2.05, 4.69) is 5.32 Å². The Morgan fingerprint density at radius 3 is 2.46 bits per heavy atom. The van der Waals surface area contributed by atoms with Crippen LogP contribution < -0.4 is 14.8 Å². The Balaban J connectivity index is 0.00000288. The Morgan fingerprint density at radius 1 is 1.17 bits per heavy atom. The molecule has 0 radical (unpaired) electrons. The third-order valence-electron chi connectivity index (χ3n) is 3.37. The third kappa shape index (κ3) is 5.69. The molecule has 2 aromatic rings. The Bertz CT molecular complexity index is 632. The molecular formula is C16H20Cl3NO3S. The molecule has 1 aromatic heterocycles. The minimum Gasteiger partial charge on any atom is -0.493 e. The predicted octanol–water partition coefficient (Wildman–Crippen LogP) is 4.36. The molecule has 1 atom stereocenters. The van der Waals surface area contributed by atoms with Gasteiger partial charge in [0.1, 0.15) is 10.4 Å².